The Morgan fingerprint density at radius 2 is 1.93 bits per heavy atom. The number of ether oxygens (including phenoxy) is 1. The Balaban J connectivity index is 1.67. The average molecular weight is 395 g/mol. The third-order valence-electron chi connectivity index (χ3n) is 6.68. The van der Waals surface area contributed by atoms with Gasteiger partial charge in [0, 0.05) is 28.6 Å². The molecule has 4 rings (SSSR count). The van der Waals surface area contributed by atoms with Crippen molar-refractivity contribution in [3.05, 3.63) is 71.2 Å². The quantitative estimate of drug-likeness (QED) is 0.559. The third-order valence-corrected chi connectivity index (χ3v) is 6.68. The predicted molar refractivity (Wildman–Crippen MR) is 117 cm³/mol. The minimum atomic E-state index is -0.184. The molecule has 3 unspecified atom stereocenters. The van der Waals surface area contributed by atoms with Crippen molar-refractivity contribution >= 4 is 10.9 Å². The highest BCUT2D eigenvalue weighted by Crippen LogP contribution is 2.42. The van der Waals surface area contributed by atoms with Crippen molar-refractivity contribution < 1.29 is 9.13 Å². The van der Waals surface area contributed by atoms with Gasteiger partial charge in [-0.3, -0.25) is 4.90 Å². The molecule has 0 radical (unpaired) electrons. The van der Waals surface area contributed by atoms with Crippen LogP contribution in [0.2, 0.25) is 0 Å². The van der Waals surface area contributed by atoms with Crippen LogP contribution < -0.4 is 0 Å². The second-order valence-corrected chi connectivity index (χ2v) is 8.53. The molecule has 29 heavy (non-hydrogen) atoms. The van der Waals surface area contributed by atoms with E-state index < -0.39 is 0 Å². The molecule has 0 saturated carbocycles. The zero-order valence-corrected chi connectivity index (χ0v) is 17.8. The van der Waals surface area contributed by atoms with Crippen molar-refractivity contribution in [1.82, 2.24) is 9.88 Å². The van der Waals surface area contributed by atoms with Crippen LogP contribution in [-0.4, -0.2) is 30.1 Å². The number of rotatable bonds is 6. The molecule has 1 aliphatic rings. The van der Waals surface area contributed by atoms with Crippen molar-refractivity contribution in [2.24, 2.45) is 0 Å². The Bertz CT molecular complexity index is 981. The average Bonchev–Trinajstić information content (AvgIpc) is 3.07. The van der Waals surface area contributed by atoms with Crippen LogP contribution in [0.1, 0.15) is 56.0 Å². The molecular formula is C25H31FN2O. The summed E-state index contributed by atoms with van der Waals surface area (Å²) in [4.78, 5) is 5.88. The molecule has 0 aliphatic carbocycles. The first-order valence-electron chi connectivity index (χ1n) is 10.6. The minimum absolute atomic E-state index is 0.00111. The summed E-state index contributed by atoms with van der Waals surface area (Å²) in [5.74, 6) is -0.184. The largest absolute Gasteiger partial charge is 0.369 e. The van der Waals surface area contributed by atoms with E-state index in [1.165, 1.54) is 17.2 Å². The van der Waals surface area contributed by atoms with Crippen LogP contribution in [0.4, 0.5) is 4.39 Å². The number of aromatic nitrogens is 1. The number of benzene rings is 2. The van der Waals surface area contributed by atoms with Gasteiger partial charge in [0.1, 0.15) is 5.82 Å². The summed E-state index contributed by atoms with van der Waals surface area (Å²) >= 11 is 0. The highest BCUT2D eigenvalue weighted by molar-refractivity contribution is 5.85. The molecule has 0 amide bonds. The second-order valence-electron chi connectivity index (χ2n) is 8.53. The first kappa shape index (κ1) is 20.1. The molecular weight excluding hydrogens is 363 g/mol. The van der Waals surface area contributed by atoms with Gasteiger partial charge in [0.15, 0.2) is 0 Å². The predicted octanol–water partition coefficient (Wildman–Crippen LogP) is 5.96. The van der Waals surface area contributed by atoms with Gasteiger partial charge in [-0.25, -0.2) is 4.39 Å². The first-order valence-corrected chi connectivity index (χ1v) is 10.6. The third kappa shape index (κ3) is 3.60. The number of aromatic amines is 1. The number of fused-ring (bicyclic) bond motifs is 3. The molecule has 2 aromatic carbocycles. The summed E-state index contributed by atoms with van der Waals surface area (Å²) in [6.45, 7) is 4.37. The Morgan fingerprint density at radius 3 is 2.62 bits per heavy atom. The normalized spacial score (nSPS) is 21.3. The van der Waals surface area contributed by atoms with Gasteiger partial charge in [-0.15, -0.1) is 0 Å². The Hall–Kier alpha value is -2.17. The van der Waals surface area contributed by atoms with Crippen molar-refractivity contribution in [2.45, 2.75) is 57.3 Å². The van der Waals surface area contributed by atoms with Crippen LogP contribution in [0.15, 0.2) is 48.5 Å². The minimum Gasteiger partial charge on any atom is -0.369 e. The van der Waals surface area contributed by atoms with Gasteiger partial charge in [0.2, 0.25) is 0 Å². The summed E-state index contributed by atoms with van der Waals surface area (Å²) in [5.41, 5.74) is 4.64. The van der Waals surface area contributed by atoms with Crippen molar-refractivity contribution in [3.8, 4) is 0 Å². The molecule has 1 N–H and O–H groups in total. The van der Waals surface area contributed by atoms with Crippen LogP contribution >= 0.6 is 0 Å². The lowest BCUT2D eigenvalue weighted by atomic mass is 9.80. The van der Waals surface area contributed by atoms with Gasteiger partial charge in [-0.1, -0.05) is 37.3 Å². The summed E-state index contributed by atoms with van der Waals surface area (Å²) in [5, 5.41) is 0.998. The number of hydrogen-bond acceptors (Lipinski definition) is 2. The van der Waals surface area contributed by atoms with Crippen molar-refractivity contribution in [2.75, 3.05) is 14.1 Å². The van der Waals surface area contributed by atoms with E-state index in [1.54, 1.807) is 6.07 Å². The zero-order valence-electron chi connectivity index (χ0n) is 17.8. The fourth-order valence-corrected chi connectivity index (χ4v) is 5.07. The number of H-pyrrole nitrogens is 1. The lowest BCUT2D eigenvalue weighted by Crippen LogP contribution is -2.41. The van der Waals surface area contributed by atoms with E-state index in [-0.39, 0.29) is 23.6 Å². The van der Waals surface area contributed by atoms with Gasteiger partial charge in [-0.05, 0) is 69.6 Å². The summed E-state index contributed by atoms with van der Waals surface area (Å²) in [6, 6.07) is 15.8. The van der Waals surface area contributed by atoms with Crippen LogP contribution in [-0.2, 0) is 16.7 Å². The number of hydrogen-bond donors (Lipinski definition) is 1. The van der Waals surface area contributed by atoms with Crippen LogP contribution in [0.5, 0.6) is 0 Å². The molecule has 154 valence electrons. The van der Waals surface area contributed by atoms with E-state index in [0.29, 0.717) is 0 Å². The Kier molecular flexibility index (Phi) is 5.50. The van der Waals surface area contributed by atoms with Gasteiger partial charge < -0.3 is 9.72 Å². The maximum atomic E-state index is 13.9. The van der Waals surface area contributed by atoms with Gasteiger partial charge in [0.25, 0.3) is 0 Å². The lowest BCUT2D eigenvalue weighted by molar-refractivity contribution is -0.0312. The lowest BCUT2D eigenvalue weighted by Gasteiger charge is -2.41. The molecule has 0 spiro atoms. The van der Waals surface area contributed by atoms with E-state index in [4.69, 9.17) is 4.74 Å². The SMILES string of the molecule is CCC(CCC1OC(C)Cc2c1[nH]c1ccc(F)cc21)(c1ccccc1)N(C)C. The molecule has 0 saturated heterocycles. The number of nitrogens with one attached hydrogen (secondary N) is 1. The Morgan fingerprint density at radius 1 is 1.17 bits per heavy atom. The molecule has 2 heterocycles. The smallest absolute Gasteiger partial charge is 0.123 e. The molecule has 3 nitrogen and oxygen atoms in total. The monoisotopic (exact) mass is 394 g/mol. The fourth-order valence-electron chi connectivity index (χ4n) is 5.07. The topological polar surface area (TPSA) is 28.3 Å². The van der Waals surface area contributed by atoms with Crippen molar-refractivity contribution in [1.29, 1.82) is 0 Å². The fraction of sp³-hybridized carbons (Fsp3) is 0.440. The van der Waals surface area contributed by atoms with Gasteiger partial charge in [0.05, 0.1) is 12.2 Å². The molecule has 1 aromatic heterocycles. The Labute approximate surface area is 172 Å². The molecule has 3 atom stereocenters. The van der Waals surface area contributed by atoms with Crippen LogP contribution in [0.3, 0.4) is 0 Å². The van der Waals surface area contributed by atoms with E-state index >= 15 is 0 Å². The highest BCUT2D eigenvalue weighted by Gasteiger charge is 2.36. The van der Waals surface area contributed by atoms with E-state index in [2.05, 4.69) is 68.2 Å². The molecule has 3 aromatic rings. The maximum absolute atomic E-state index is 13.9. The summed E-state index contributed by atoms with van der Waals surface area (Å²) in [6.07, 6.45) is 3.87. The van der Waals surface area contributed by atoms with Gasteiger partial charge >= 0.3 is 0 Å². The zero-order chi connectivity index (χ0) is 20.6. The second kappa shape index (κ2) is 7.92. The summed E-state index contributed by atoms with van der Waals surface area (Å²) < 4.78 is 20.2. The first-order chi connectivity index (χ1) is 13.9. The van der Waals surface area contributed by atoms with Crippen LogP contribution in [0.25, 0.3) is 10.9 Å². The molecule has 1 aliphatic heterocycles. The van der Waals surface area contributed by atoms with E-state index in [1.807, 2.05) is 6.07 Å². The summed E-state index contributed by atoms with van der Waals surface area (Å²) in [7, 11) is 4.33. The number of nitrogens with zero attached hydrogens (tertiary/aromatic N) is 1. The number of halogens is 1. The molecule has 4 heteroatoms. The van der Waals surface area contributed by atoms with Crippen LogP contribution in [0, 0.1) is 5.82 Å². The maximum Gasteiger partial charge on any atom is 0.123 e. The highest BCUT2D eigenvalue weighted by atomic mass is 19.1. The molecule has 0 bridgehead atoms. The van der Waals surface area contributed by atoms with E-state index in [0.717, 1.165) is 42.3 Å². The van der Waals surface area contributed by atoms with Gasteiger partial charge in [-0.2, -0.15) is 0 Å². The van der Waals surface area contributed by atoms with E-state index in [9.17, 15) is 4.39 Å². The van der Waals surface area contributed by atoms with Crippen molar-refractivity contribution in [3.63, 3.8) is 0 Å². The standard InChI is InChI=1S/C25H31FN2O/c1-5-25(28(3)4,18-9-7-6-8-10-18)14-13-23-24-21(15-17(2)29-23)20-16-19(26)11-12-22(20)27-24/h6-12,16-17,23,27H,5,13-15H2,1-4H3. The molecule has 0 fully saturated rings.